The molecule has 0 radical (unpaired) electrons. The molecule has 2 N–H and O–H groups in total. The van der Waals surface area contributed by atoms with E-state index < -0.39 is 5.97 Å². The van der Waals surface area contributed by atoms with Gasteiger partial charge >= 0.3 is 5.97 Å². The number of carbonyl (C=O) groups excluding carboxylic acids is 1. The maximum Gasteiger partial charge on any atom is 0.356 e. The fourth-order valence-electron chi connectivity index (χ4n) is 3.82. The molecule has 7 heteroatoms. The zero-order chi connectivity index (χ0) is 18.4. The van der Waals surface area contributed by atoms with Gasteiger partial charge in [0.05, 0.1) is 16.6 Å². The first kappa shape index (κ1) is 16.5. The minimum atomic E-state index is -1.11. The van der Waals surface area contributed by atoms with Gasteiger partial charge in [-0.2, -0.15) is 0 Å². The van der Waals surface area contributed by atoms with E-state index in [9.17, 15) is 14.7 Å². The molecule has 134 valence electrons. The third-order valence-corrected chi connectivity index (χ3v) is 4.82. The van der Waals surface area contributed by atoms with Crippen molar-refractivity contribution >= 4 is 28.3 Å². The number of imidazole rings is 1. The number of pyridine rings is 1. The van der Waals surface area contributed by atoms with E-state index in [-0.39, 0.29) is 23.7 Å². The van der Waals surface area contributed by atoms with Crippen molar-refractivity contribution in [3.05, 3.63) is 47.9 Å². The lowest BCUT2D eigenvalue weighted by molar-refractivity contribution is 0.0671. The zero-order valence-corrected chi connectivity index (χ0v) is 14.6. The first-order chi connectivity index (χ1) is 12.5. The Kier molecular flexibility index (Phi) is 3.88. The normalized spacial score (nSPS) is 20.6. The molecule has 4 rings (SSSR count). The number of piperazine rings is 1. The van der Waals surface area contributed by atoms with Crippen molar-refractivity contribution < 1.29 is 14.7 Å². The van der Waals surface area contributed by atoms with E-state index in [1.807, 2.05) is 29.2 Å². The van der Waals surface area contributed by atoms with Crippen molar-refractivity contribution in [1.29, 1.82) is 0 Å². The van der Waals surface area contributed by atoms with E-state index in [0.29, 0.717) is 24.2 Å². The molecule has 7 nitrogen and oxygen atoms in total. The van der Waals surface area contributed by atoms with Gasteiger partial charge in [0.25, 0.3) is 5.91 Å². The summed E-state index contributed by atoms with van der Waals surface area (Å²) in [6, 6.07) is 9.57. The molecule has 3 heterocycles. The number of para-hydroxylation sites is 1. The number of nitrogens with zero attached hydrogens (tertiary/aromatic N) is 3. The molecule has 1 amide bonds. The number of hydrogen-bond donors (Lipinski definition) is 2. The lowest BCUT2D eigenvalue weighted by atomic mass is 10.0. The number of hydrogen-bond acceptors (Lipinski definition) is 4. The number of amides is 1. The Hall–Kier alpha value is -2.93. The maximum atomic E-state index is 13.3. The summed E-state index contributed by atoms with van der Waals surface area (Å²) in [7, 11) is 0. The van der Waals surface area contributed by atoms with Crippen molar-refractivity contribution in [1.82, 2.24) is 19.6 Å². The largest absolute Gasteiger partial charge is 0.476 e. The van der Waals surface area contributed by atoms with Gasteiger partial charge in [0.1, 0.15) is 6.33 Å². The van der Waals surface area contributed by atoms with Crippen molar-refractivity contribution in [3.8, 4) is 0 Å². The van der Waals surface area contributed by atoms with Crippen LogP contribution < -0.4 is 5.32 Å². The monoisotopic (exact) mass is 352 g/mol. The molecule has 0 unspecified atom stereocenters. The second kappa shape index (κ2) is 6.10. The average Bonchev–Trinajstić information content (AvgIpc) is 3.04. The first-order valence-electron chi connectivity index (χ1n) is 8.63. The summed E-state index contributed by atoms with van der Waals surface area (Å²) >= 11 is 0. The summed E-state index contributed by atoms with van der Waals surface area (Å²) in [5.74, 6) is -1.19. The van der Waals surface area contributed by atoms with Gasteiger partial charge in [0, 0.05) is 30.6 Å². The van der Waals surface area contributed by atoms with Gasteiger partial charge in [-0.05, 0) is 26.0 Å². The summed E-state index contributed by atoms with van der Waals surface area (Å²) in [4.78, 5) is 30.6. The smallest absolute Gasteiger partial charge is 0.356 e. The standard InChI is InChI=1S/C19H20N4O3/c1-11-8-22(9-12(2)21-11)18(24)14-7-16-17(19(25)26)20-10-23(16)15-6-4-3-5-13(14)15/h3-7,10-12,21H,8-9H2,1-2H3,(H,25,26)/t11-,12+. The van der Waals surface area contributed by atoms with Gasteiger partial charge in [-0.1, -0.05) is 18.2 Å². The highest BCUT2D eigenvalue weighted by atomic mass is 16.4. The number of nitrogens with one attached hydrogen (secondary N) is 1. The van der Waals surface area contributed by atoms with Crippen LogP contribution in [0.5, 0.6) is 0 Å². The number of carboxylic acids is 1. The predicted octanol–water partition coefficient (Wildman–Crippen LogP) is 2.01. The highest BCUT2D eigenvalue weighted by Gasteiger charge is 2.27. The predicted molar refractivity (Wildman–Crippen MR) is 97.6 cm³/mol. The van der Waals surface area contributed by atoms with Crippen LogP contribution in [0.4, 0.5) is 0 Å². The minimum Gasteiger partial charge on any atom is -0.476 e. The van der Waals surface area contributed by atoms with E-state index in [1.165, 1.54) is 6.33 Å². The van der Waals surface area contributed by atoms with Gasteiger partial charge in [-0.3, -0.25) is 9.20 Å². The van der Waals surface area contributed by atoms with Crippen molar-refractivity contribution in [3.63, 3.8) is 0 Å². The van der Waals surface area contributed by atoms with Crippen LogP contribution in [0.15, 0.2) is 36.7 Å². The number of benzene rings is 1. The van der Waals surface area contributed by atoms with Crippen LogP contribution in [-0.4, -0.2) is 56.4 Å². The number of fused-ring (bicyclic) bond motifs is 3. The van der Waals surface area contributed by atoms with Crippen LogP contribution in [0, 0.1) is 0 Å². The molecule has 1 saturated heterocycles. The third-order valence-electron chi connectivity index (χ3n) is 4.82. The Bertz CT molecular complexity index is 1020. The quantitative estimate of drug-likeness (QED) is 0.737. The molecule has 2 atom stereocenters. The minimum absolute atomic E-state index is 0.0492. The zero-order valence-electron chi connectivity index (χ0n) is 14.6. The number of rotatable bonds is 2. The Morgan fingerprint density at radius 1 is 1.15 bits per heavy atom. The van der Waals surface area contributed by atoms with Crippen LogP contribution >= 0.6 is 0 Å². The van der Waals surface area contributed by atoms with Crippen LogP contribution in [-0.2, 0) is 0 Å². The van der Waals surface area contributed by atoms with Gasteiger partial charge in [0.15, 0.2) is 5.69 Å². The lowest BCUT2D eigenvalue weighted by Crippen LogP contribution is -2.55. The second-order valence-corrected chi connectivity index (χ2v) is 6.91. The van der Waals surface area contributed by atoms with E-state index in [4.69, 9.17) is 0 Å². The van der Waals surface area contributed by atoms with Gasteiger partial charge in [0.2, 0.25) is 0 Å². The van der Waals surface area contributed by atoms with Gasteiger partial charge < -0.3 is 15.3 Å². The Morgan fingerprint density at radius 2 is 1.85 bits per heavy atom. The second-order valence-electron chi connectivity index (χ2n) is 6.91. The Balaban J connectivity index is 1.91. The molecule has 0 saturated carbocycles. The van der Waals surface area contributed by atoms with Crippen molar-refractivity contribution in [2.75, 3.05) is 13.1 Å². The molecule has 1 aliphatic rings. The molecular weight excluding hydrogens is 332 g/mol. The van der Waals surface area contributed by atoms with E-state index >= 15 is 0 Å². The summed E-state index contributed by atoms with van der Waals surface area (Å²) in [6.07, 6.45) is 1.49. The number of carboxylic acid groups (broad SMARTS) is 1. The van der Waals surface area contributed by atoms with Crippen LogP contribution in [0.3, 0.4) is 0 Å². The Morgan fingerprint density at radius 3 is 2.54 bits per heavy atom. The maximum absolute atomic E-state index is 13.3. The third kappa shape index (κ3) is 2.61. The van der Waals surface area contributed by atoms with Crippen LogP contribution in [0.2, 0.25) is 0 Å². The first-order valence-corrected chi connectivity index (χ1v) is 8.63. The number of aromatic carboxylic acids is 1. The molecular formula is C19H20N4O3. The number of aromatic nitrogens is 2. The van der Waals surface area contributed by atoms with E-state index in [2.05, 4.69) is 24.1 Å². The fraction of sp³-hybridized carbons (Fsp3) is 0.316. The van der Waals surface area contributed by atoms with E-state index in [1.54, 1.807) is 10.5 Å². The molecule has 1 fully saturated rings. The van der Waals surface area contributed by atoms with Crippen molar-refractivity contribution in [2.24, 2.45) is 0 Å². The molecule has 1 aliphatic heterocycles. The SMILES string of the molecule is C[C@@H]1CN(C(=O)c2cc3c(C(=O)O)ncn3c3ccccc23)C[C@H](C)N1. The fourth-order valence-corrected chi connectivity index (χ4v) is 3.82. The van der Waals surface area contributed by atoms with E-state index in [0.717, 1.165) is 10.9 Å². The molecule has 2 aromatic heterocycles. The summed E-state index contributed by atoms with van der Waals surface area (Å²) in [5.41, 5.74) is 1.66. The summed E-state index contributed by atoms with van der Waals surface area (Å²) in [6.45, 7) is 5.34. The number of carbonyl (C=O) groups is 2. The highest BCUT2D eigenvalue weighted by Crippen LogP contribution is 2.25. The molecule has 0 aliphatic carbocycles. The van der Waals surface area contributed by atoms with Gasteiger partial charge in [-0.15, -0.1) is 0 Å². The Labute approximate surface area is 150 Å². The molecule has 3 aromatic rings. The lowest BCUT2D eigenvalue weighted by Gasteiger charge is -2.36. The topological polar surface area (TPSA) is 86.9 Å². The summed E-state index contributed by atoms with van der Waals surface area (Å²) < 4.78 is 1.72. The average molecular weight is 352 g/mol. The molecule has 26 heavy (non-hydrogen) atoms. The van der Waals surface area contributed by atoms with Gasteiger partial charge in [-0.25, -0.2) is 9.78 Å². The molecule has 0 bridgehead atoms. The highest BCUT2D eigenvalue weighted by molar-refractivity contribution is 6.09. The molecule has 1 aromatic carbocycles. The summed E-state index contributed by atoms with van der Waals surface area (Å²) in [5, 5.41) is 13.6. The van der Waals surface area contributed by atoms with Crippen molar-refractivity contribution in [2.45, 2.75) is 25.9 Å². The van der Waals surface area contributed by atoms with Crippen LogP contribution in [0.1, 0.15) is 34.7 Å². The van der Waals surface area contributed by atoms with Crippen LogP contribution in [0.25, 0.3) is 16.4 Å². The molecule has 0 spiro atoms.